The average molecular weight is 240 g/mol. The van der Waals surface area contributed by atoms with Crippen LogP contribution in [0.2, 0.25) is 5.15 Å². The van der Waals surface area contributed by atoms with Gasteiger partial charge in [-0.25, -0.2) is 0 Å². The van der Waals surface area contributed by atoms with E-state index >= 15 is 0 Å². The summed E-state index contributed by atoms with van der Waals surface area (Å²) in [5.74, 6) is 0.834. The zero-order valence-electron chi connectivity index (χ0n) is 8.45. The lowest BCUT2D eigenvalue weighted by atomic mass is 10.1. The molecule has 0 atom stereocenters. The molecule has 0 saturated heterocycles. The van der Waals surface area contributed by atoms with Gasteiger partial charge >= 0.3 is 0 Å². The van der Waals surface area contributed by atoms with Crippen molar-refractivity contribution in [3.63, 3.8) is 0 Å². The van der Waals surface area contributed by atoms with E-state index in [-0.39, 0.29) is 0 Å². The molecule has 0 aliphatic rings. The first-order chi connectivity index (χ1) is 7.15. The Morgan fingerprint density at radius 3 is 2.80 bits per heavy atom. The van der Waals surface area contributed by atoms with E-state index in [0.717, 1.165) is 11.3 Å². The van der Waals surface area contributed by atoms with Crippen LogP contribution in [0.3, 0.4) is 0 Å². The molecule has 2 nitrogen and oxygen atoms in total. The van der Waals surface area contributed by atoms with Gasteiger partial charge in [0.2, 0.25) is 0 Å². The Kier molecular flexibility index (Phi) is 2.93. The van der Waals surface area contributed by atoms with Gasteiger partial charge in [0.25, 0.3) is 5.19 Å². The third-order valence-corrected chi connectivity index (χ3v) is 3.04. The minimum absolute atomic E-state index is 0.473. The maximum Gasteiger partial charge on any atom is 0.280 e. The predicted molar refractivity (Wildman–Crippen MR) is 63.1 cm³/mol. The molecule has 0 N–H and O–H groups in total. The molecule has 78 valence electrons. The highest BCUT2D eigenvalue weighted by Crippen LogP contribution is 2.29. The number of halogens is 1. The number of hydrogen-bond donors (Lipinski definition) is 0. The van der Waals surface area contributed by atoms with Gasteiger partial charge in [0, 0.05) is 5.38 Å². The molecule has 15 heavy (non-hydrogen) atoms. The number of aromatic nitrogens is 1. The summed E-state index contributed by atoms with van der Waals surface area (Å²) in [6, 6.07) is 6.07. The zero-order chi connectivity index (χ0) is 10.8. The maximum absolute atomic E-state index is 5.72. The summed E-state index contributed by atoms with van der Waals surface area (Å²) in [5, 5.41) is 2.80. The number of nitrogens with zero attached hydrogens (tertiary/aromatic N) is 1. The molecular formula is C11H10ClNOS. The first-order valence-electron chi connectivity index (χ1n) is 4.51. The molecule has 1 aromatic heterocycles. The molecule has 0 unspecified atom stereocenters. The van der Waals surface area contributed by atoms with Gasteiger partial charge in [0.05, 0.1) is 0 Å². The Bertz CT molecular complexity index is 481. The summed E-state index contributed by atoms with van der Waals surface area (Å²) in [5.41, 5.74) is 2.25. The molecular weight excluding hydrogens is 230 g/mol. The molecule has 0 radical (unpaired) electrons. The van der Waals surface area contributed by atoms with E-state index in [1.165, 1.54) is 16.9 Å². The van der Waals surface area contributed by atoms with Crippen LogP contribution in [0.25, 0.3) is 0 Å². The lowest BCUT2D eigenvalue weighted by Crippen LogP contribution is -1.87. The van der Waals surface area contributed by atoms with Gasteiger partial charge in [-0.3, -0.25) is 0 Å². The fraction of sp³-hybridized carbons (Fsp3) is 0.182. The van der Waals surface area contributed by atoms with Crippen LogP contribution in [-0.4, -0.2) is 4.98 Å². The molecule has 4 heteroatoms. The summed E-state index contributed by atoms with van der Waals surface area (Å²) < 4.78 is 5.63. The van der Waals surface area contributed by atoms with Crippen molar-refractivity contribution in [1.82, 2.24) is 4.98 Å². The van der Waals surface area contributed by atoms with Gasteiger partial charge < -0.3 is 4.74 Å². The summed E-state index contributed by atoms with van der Waals surface area (Å²) >= 11 is 7.11. The molecule has 2 aromatic rings. The monoisotopic (exact) mass is 239 g/mol. The Morgan fingerprint density at radius 2 is 2.13 bits per heavy atom. The van der Waals surface area contributed by atoms with Crippen LogP contribution in [-0.2, 0) is 0 Å². The van der Waals surface area contributed by atoms with E-state index < -0.39 is 0 Å². The second-order valence-electron chi connectivity index (χ2n) is 3.31. The largest absolute Gasteiger partial charge is 0.431 e. The van der Waals surface area contributed by atoms with E-state index in [2.05, 4.69) is 11.1 Å². The first-order valence-corrected chi connectivity index (χ1v) is 5.77. The normalized spacial score (nSPS) is 10.3. The Balaban J connectivity index is 2.27. The third kappa shape index (κ3) is 2.49. The van der Waals surface area contributed by atoms with Gasteiger partial charge in [0.1, 0.15) is 10.9 Å². The van der Waals surface area contributed by atoms with Crippen LogP contribution in [0.5, 0.6) is 10.9 Å². The van der Waals surface area contributed by atoms with Crippen LogP contribution in [0.1, 0.15) is 11.1 Å². The number of thiazole rings is 1. The smallest absolute Gasteiger partial charge is 0.280 e. The van der Waals surface area contributed by atoms with Crippen molar-refractivity contribution in [2.45, 2.75) is 13.8 Å². The van der Waals surface area contributed by atoms with Crippen LogP contribution >= 0.6 is 22.9 Å². The van der Waals surface area contributed by atoms with Crippen molar-refractivity contribution >= 4 is 22.9 Å². The lowest BCUT2D eigenvalue weighted by molar-refractivity contribution is 0.475. The van der Waals surface area contributed by atoms with Crippen molar-refractivity contribution in [3.8, 4) is 10.9 Å². The molecule has 0 saturated carbocycles. The standard InChI is InChI=1S/C11H10ClNOS/c1-7-3-4-8(2)9(5-7)14-11-13-10(12)6-15-11/h3-6H,1-2H3. The molecule has 1 aromatic carbocycles. The van der Waals surface area contributed by atoms with Crippen molar-refractivity contribution in [1.29, 1.82) is 0 Å². The lowest BCUT2D eigenvalue weighted by Gasteiger charge is -2.05. The van der Waals surface area contributed by atoms with E-state index in [4.69, 9.17) is 16.3 Å². The van der Waals surface area contributed by atoms with Crippen molar-refractivity contribution in [2.75, 3.05) is 0 Å². The molecule has 0 bridgehead atoms. The number of aryl methyl sites for hydroxylation is 2. The molecule has 0 fully saturated rings. The van der Waals surface area contributed by atoms with Crippen LogP contribution in [0, 0.1) is 13.8 Å². The zero-order valence-corrected chi connectivity index (χ0v) is 10.0. The van der Waals surface area contributed by atoms with E-state index in [1.54, 1.807) is 5.38 Å². The van der Waals surface area contributed by atoms with E-state index in [1.807, 2.05) is 26.0 Å². The molecule has 0 spiro atoms. The Hall–Kier alpha value is -1.06. The van der Waals surface area contributed by atoms with E-state index in [0.29, 0.717) is 10.3 Å². The predicted octanol–water partition coefficient (Wildman–Crippen LogP) is 4.21. The second-order valence-corrected chi connectivity index (χ2v) is 4.52. The number of rotatable bonds is 2. The number of benzene rings is 1. The maximum atomic E-state index is 5.72. The fourth-order valence-corrected chi connectivity index (χ4v) is 2.00. The average Bonchev–Trinajstić information content (AvgIpc) is 2.58. The highest BCUT2D eigenvalue weighted by molar-refractivity contribution is 7.11. The van der Waals surface area contributed by atoms with Gasteiger partial charge in [-0.2, -0.15) is 4.98 Å². The van der Waals surface area contributed by atoms with Gasteiger partial charge in [-0.1, -0.05) is 35.1 Å². The van der Waals surface area contributed by atoms with E-state index in [9.17, 15) is 0 Å². The van der Waals surface area contributed by atoms with Crippen LogP contribution < -0.4 is 4.74 Å². The Labute approximate surface area is 97.5 Å². The molecule has 1 heterocycles. The highest BCUT2D eigenvalue weighted by atomic mass is 35.5. The summed E-state index contributed by atoms with van der Waals surface area (Å²) in [6.07, 6.45) is 0. The van der Waals surface area contributed by atoms with Crippen molar-refractivity contribution in [2.24, 2.45) is 0 Å². The number of ether oxygens (including phenoxy) is 1. The van der Waals surface area contributed by atoms with Crippen LogP contribution in [0.15, 0.2) is 23.6 Å². The van der Waals surface area contributed by atoms with Crippen molar-refractivity contribution < 1.29 is 4.74 Å². The fourth-order valence-electron chi connectivity index (χ4n) is 1.20. The highest BCUT2D eigenvalue weighted by Gasteiger charge is 2.05. The quantitative estimate of drug-likeness (QED) is 0.783. The summed E-state index contributed by atoms with van der Waals surface area (Å²) in [7, 11) is 0. The molecule has 0 aliphatic heterocycles. The van der Waals surface area contributed by atoms with Crippen LogP contribution in [0.4, 0.5) is 0 Å². The van der Waals surface area contributed by atoms with Crippen molar-refractivity contribution in [3.05, 3.63) is 39.9 Å². The Morgan fingerprint density at radius 1 is 1.33 bits per heavy atom. The molecule has 0 aliphatic carbocycles. The minimum Gasteiger partial charge on any atom is -0.431 e. The van der Waals surface area contributed by atoms with Gasteiger partial charge in [0.15, 0.2) is 0 Å². The molecule has 2 rings (SSSR count). The van der Waals surface area contributed by atoms with Gasteiger partial charge in [-0.15, -0.1) is 0 Å². The third-order valence-electron chi connectivity index (χ3n) is 2.00. The number of hydrogen-bond acceptors (Lipinski definition) is 3. The molecule has 0 amide bonds. The summed E-state index contributed by atoms with van der Waals surface area (Å²) in [4.78, 5) is 4.04. The summed E-state index contributed by atoms with van der Waals surface area (Å²) in [6.45, 7) is 4.03. The topological polar surface area (TPSA) is 22.1 Å². The minimum atomic E-state index is 0.473. The van der Waals surface area contributed by atoms with Gasteiger partial charge in [-0.05, 0) is 31.0 Å². The second kappa shape index (κ2) is 4.21. The SMILES string of the molecule is Cc1ccc(C)c(Oc2nc(Cl)cs2)c1. The first kappa shape index (κ1) is 10.5.